The van der Waals surface area contributed by atoms with Gasteiger partial charge in [-0.05, 0) is 41.8 Å². The van der Waals surface area contributed by atoms with Crippen molar-refractivity contribution >= 4 is 29.2 Å². The molecular formula is C19H21Cl2N3. The number of aliphatic imine (C=N–C) groups is 1. The van der Waals surface area contributed by atoms with Crippen molar-refractivity contribution in [3.63, 3.8) is 0 Å². The van der Waals surface area contributed by atoms with Gasteiger partial charge in [-0.2, -0.15) is 0 Å². The van der Waals surface area contributed by atoms with Gasteiger partial charge in [-0.25, -0.2) is 4.99 Å². The SMILES string of the molecule is CN1CCCN(C)C1=NC(c1ccc(Cl)cc1)c1ccc(Cl)cc1. The van der Waals surface area contributed by atoms with Crippen LogP contribution in [0.25, 0.3) is 0 Å². The molecule has 3 rings (SSSR count). The first-order valence-corrected chi connectivity index (χ1v) is 8.81. The Morgan fingerprint density at radius 2 is 1.21 bits per heavy atom. The van der Waals surface area contributed by atoms with Gasteiger partial charge in [0.25, 0.3) is 0 Å². The van der Waals surface area contributed by atoms with E-state index in [0.29, 0.717) is 0 Å². The van der Waals surface area contributed by atoms with Crippen LogP contribution < -0.4 is 0 Å². The van der Waals surface area contributed by atoms with E-state index in [1.54, 1.807) is 0 Å². The van der Waals surface area contributed by atoms with E-state index in [2.05, 4.69) is 23.9 Å². The molecule has 0 atom stereocenters. The highest BCUT2D eigenvalue weighted by molar-refractivity contribution is 6.30. The van der Waals surface area contributed by atoms with Gasteiger partial charge in [0.1, 0.15) is 6.04 Å². The molecule has 0 spiro atoms. The number of hydrogen-bond acceptors (Lipinski definition) is 1. The molecule has 3 nitrogen and oxygen atoms in total. The third-order valence-electron chi connectivity index (χ3n) is 4.29. The first-order valence-electron chi connectivity index (χ1n) is 8.05. The summed E-state index contributed by atoms with van der Waals surface area (Å²) in [4.78, 5) is 9.50. The topological polar surface area (TPSA) is 18.8 Å². The maximum Gasteiger partial charge on any atom is 0.197 e. The lowest BCUT2D eigenvalue weighted by Gasteiger charge is -2.35. The Bertz CT molecular complexity index is 653. The van der Waals surface area contributed by atoms with Crippen molar-refractivity contribution in [3.05, 3.63) is 69.7 Å². The van der Waals surface area contributed by atoms with E-state index in [4.69, 9.17) is 28.2 Å². The normalized spacial score (nSPS) is 15.1. The van der Waals surface area contributed by atoms with Gasteiger partial charge in [-0.3, -0.25) is 0 Å². The first kappa shape index (κ1) is 17.1. The van der Waals surface area contributed by atoms with E-state index in [0.717, 1.165) is 46.6 Å². The van der Waals surface area contributed by atoms with Gasteiger partial charge < -0.3 is 9.80 Å². The van der Waals surface area contributed by atoms with Crippen LogP contribution in [-0.4, -0.2) is 42.9 Å². The molecule has 0 radical (unpaired) electrons. The molecule has 0 aliphatic carbocycles. The van der Waals surface area contributed by atoms with Gasteiger partial charge in [0, 0.05) is 37.2 Å². The Balaban J connectivity index is 2.04. The van der Waals surface area contributed by atoms with Crippen molar-refractivity contribution < 1.29 is 0 Å². The average Bonchev–Trinajstić information content (AvgIpc) is 2.57. The zero-order chi connectivity index (χ0) is 17.1. The lowest BCUT2D eigenvalue weighted by molar-refractivity contribution is 0.315. The van der Waals surface area contributed by atoms with Crippen LogP contribution in [0.15, 0.2) is 53.5 Å². The second kappa shape index (κ2) is 7.45. The minimum Gasteiger partial charge on any atom is -0.346 e. The van der Waals surface area contributed by atoms with Crippen molar-refractivity contribution in [3.8, 4) is 0 Å². The molecule has 5 heteroatoms. The van der Waals surface area contributed by atoms with E-state index in [-0.39, 0.29) is 6.04 Å². The second-order valence-corrected chi connectivity index (χ2v) is 7.00. The summed E-state index contributed by atoms with van der Waals surface area (Å²) >= 11 is 12.1. The minimum atomic E-state index is -0.0856. The number of benzene rings is 2. The molecule has 0 N–H and O–H groups in total. The average molecular weight is 362 g/mol. The lowest BCUT2D eigenvalue weighted by Crippen LogP contribution is -2.46. The lowest BCUT2D eigenvalue weighted by atomic mass is 9.99. The maximum atomic E-state index is 6.05. The highest BCUT2D eigenvalue weighted by atomic mass is 35.5. The summed E-state index contributed by atoms with van der Waals surface area (Å²) in [6.45, 7) is 2.05. The van der Waals surface area contributed by atoms with Gasteiger partial charge in [0.15, 0.2) is 5.96 Å². The molecule has 0 amide bonds. The Morgan fingerprint density at radius 3 is 1.62 bits per heavy atom. The highest BCUT2D eigenvalue weighted by Crippen LogP contribution is 2.29. The van der Waals surface area contributed by atoms with Crippen molar-refractivity contribution in [2.45, 2.75) is 12.5 Å². The van der Waals surface area contributed by atoms with Crippen molar-refractivity contribution in [1.29, 1.82) is 0 Å². The zero-order valence-electron chi connectivity index (χ0n) is 13.9. The fourth-order valence-corrected chi connectivity index (χ4v) is 3.23. The standard InChI is InChI=1S/C19H21Cl2N3/c1-23-12-3-13-24(2)19(23)22-18(14-4-8-16(20)9-5-14)15-6-10-17(21)11-7-15/h4-11,18H,3,12-13H2,1-2H3. The maximum absolute atomic E-state index is 6.05. The predicted molar refractivity (Wildman–Crippen MR) is 102 cm³/mol. The van der Waals surface area contributed by atoms with E-state index < -0.39 is 0 Å². The fraction of sp³-hybridized carbons (Fsp3) is 0.316. The van der Waals surface area contributed by atoms with E-state index in [1.807, 2.05) is 48.5 Å². The molecule has 0 aromatic heterocycles. The van der Waals surface area contributed by atoms with Crippen molar-refractivity contribution in [2.24, 2.45) is 4.99 Å². The number of nitrogens with zero attached hydrogens (tertiary/aromatic N) is 3. The van der Waals surface area contributed by atoms with Crippen molar-refractivity contribution in [2.75, 3.05) is 27.2 Å². The molecule has 1 fully saturated rings. The largest absolute Gasteiger partial charge is 0.346 e. The number of halogens is 2. The highest BCUT2D eigenvalue weighted by Gasteiger charge is 2.21. The smallest absolute Gasteiger partial charge is 0.197 e. The summed E-state index contributed by atoms with van der Waals surface area (Å²) in [6.07, 6.45) is 1.15. The van der Waals surface area contributed by atoms with Crippen LogP contribution in [0.4, 0.5) is 0 Å². The summed E-state index contributed by atoms with van der Waals surface area (Å²) < 4.78 is 0. The van der Waals surface area contributed by atoms with E-state index in [1.165, 1.54) is 0 Å². The summed E-state index contributed by atoms with van der Waals surface area (Å²) in [5, 5.41) is 1.46. The summed E-state index contributed by atoms with van der Waals surface area (Å²) in [5.74, 6) is 1.01. The molecular weight excluding hydrogens is 341 g/mol. The van der Waals surface area contributed by atoms with Gasteiger partial charge in [-0.1, -0.05) is 47.5 Å². The Kier molecular flexibility index (Phi) is 5.32. The number of hydrogen-bond donors (Lipinski definition) is 0. The van der Waals surface area contributed by atoms with Gasteiger partial charge in [0.2, 0.25) is 0 Å². The Labute approximate surface area is 153 Å². The van der Waals surface area contributed by atoms with Crippen LogP contribution in [0.3, 0.4) is 0 Å². The zero-order valence-corrected chi connectivity index (χ0v) is 15.4. The van der Waals surface area contributed by atoms with Crippen LogP contribution in [0.5, 0.6) is 0 Å². The van der Waals surface area contributed by atoms with Gasteiger partial charge in [0.05, 0.1) is 0 Å². The molecule has 0 unspecified atom stereocenters. The molecule has 0 bridgehead atoms. The number of rotatable bonds is 3. The summed E-state index contributed by atoms with van der Waals surface area (Å²) in [7, 11) is 4.19. The van der Waals surface area contributed by atoms with E-state index in [9.17, 15) is 0 Å². The monoisotopic (exact) mass is 361 g/mol. The Morgan fingerprint density at radius 1 is 0.792 bits per heavy atom. The van der Waals surface area contributed by atoms with Gasteiger partial charge in [-0.15, -0.1) is 0 Å². The quantitative estimate of drug-likeness (QED) is 0.788. The molecule has 24 heavy (non-hydrogen) atoms. The van der Waals surface area contributed by atoms with Crippen LogP contribution in [0.2, 0.25) is 10.0 Å². The molecule has 1 saturated heterocycles. The van der Waals surface area contributed by atoms with Crippen molar-refractivity contribution in [1.82, 2.24) is 9.80 Å². The molecule has 1 aliphatic rings. The summed E-state index contributed by atoms with van der Waals surface area (Å²) in [6, 6.07) is 15.7. The van der Waals surface area contributed by atoms with Crippen LogP contribution in [0.1, 0.15) is 23.6 Å². The van der Waals surface area contributed by atoms with Crippen LogP contribution in [0, 0.1) is 0 Å². The minimum absolute atomic E-state index is 0.0856. The van der Waals surface area contributed by atoms with Crippen LogP contribution >= 0.6 is 23.2 Å². The molecule has 1 heterocycles. The summed E-state index contributed by atoms with van der Waals surface area (Å²) in [5.41, 5.74) is 2.23. The third-order valence-corrected chi connectivity index (χ3v) is 4.79. The van der Waals surface area contributed by atoms with E-state index >= 15 is 0 Å². The number of guanidine groups is 1. The first-order chi connectivity index (χ1) is 11.5. The molecule has 126 valence electrons. The van der Waals surface area contributed by atoms with Gasteiger partial charge >= 0.3 is 0 Å². The third kappa shape index (κ3) is 3.85. The molecule has 2 aromatic rings. The fourth-order valence-electron chi connectivity index (χ4n) is 2.98. The molecule has 2 aromatic carbocycles. The second-order valence-electron chi connectivity index (χ2n) is 6.13. The molecule has 0 saturated carbocycles. The molecule has 1 aliphatic heterocycles. The predicted octanol–water partition coefficient (Wildman–Crippen LogP) is 4.71. The van der Waals surface area contributed by atoms with Crippen LogP contribution in [-0.2, 0) is 0 Å². The Hall–Kier alpha value is -1.71.